The fraction of sp³-hybridized carbons (Fsp3) is 0.278. The average molecular weight is 570 g/mol. The van der Waals surface area contributed by atoms with E-state index in [4.69, 9.17) is 0 Å². The van der Waals surface area contributed by atoms with Crippen LogP contribution in [0.2, 0.25) is 0 Å². The summed E-state index contributed by atoms with van der Waals surface area (Å²) in [5.41, 5.74) is 0.867. The highest BCUT2D eigenvalue weighted by Crippen LogP contribution is 2.15. The van der Waals surface area contributed by atoms with E-state index in [1.165, 1.54) is 12.1 Å². The summed E-state index contributed by atoms with van der Waals surface area (Å²) in [6.45, 7) is 3.17. The molecule has 0 fully saturated rings. The molecule has 0 saturated carbocycles. The van der Waals surface area contributed by atoms with Crippen molar-refractivity contribution in [1.29, 1.82) is 0 Å². The van der Waals surface area contributed by atoms with Crippen LogP contribution >= 0.6 is 39.9 Å². The minimum absolute atomic E-state index is 0. The molecule has 0 radical (unpaired) electrons. The van der Waals surface area contributed by atoms with Gasteiger partial charge in [-0.25, -0.2) is 17.8 Å². The number of rotatable bonds is 7. The fourth-order valence-corrected chi connectivity index (χ4v) is 3.59. The molecule has 0 amide bonds. The van der Waals surface area contributed by atoms with Gasteiger partial charge < -0.3 is 10.6 Å². The van der Waals surface area contributed by atoms with E-state index in [0.29, 0.717) is 19.0 Å². The predicted molar refractivity (Wildman–Crippen MR) is 121 cm³/mol. The molecule has 2 aromatic carbocycles. The number of sulfone groups is 1. The quantitative estimate of drug-likeness (QED) is 0.303. The Morgan fingerprint density at radius 3 is 2.30 bits per heavy atom. The molecule has 0 unspecified atom stereocenters. The summed E-state index contributed by atoms with van der Waals surface area (Å²) in [7, 11) is -3.37. The molecule has 27 heavy (non-hydrogen) atoms. The van der Waals surface area contributed by atoms with E-state index in [9.17, 15) is 12.8 Å². The van der Waals surface area contributed by atoms with Crippen molar-refractivity contribution in [2.75, 3.05) is 18.8 Å². The topological polar surface area (TPSA) is 70.6 Å². The van der Waals surface area contributed by atoms with Gasteiger partial charge in [-0.2, -0.15) is 0 Å². The lowest BCUT2D eigenvalue weighted by molar-refractivity contribution is 0.594. The van der Waals surface area contributed by atoms with Crippen LogP contribution in [0.5, 0.6) is 0 Å². The van der Waals surface area contributed by atoms with Crippen molar-refractivity contribution in [2.24, 2.45) is 4.99 Å². The van der Waals surface area contributed by atoms with Gasteiger partial charge in [-0.15, -0.1) is 24.0 Å². The van der Waals surface area contributed by atoms with Crippen LogP contribution in [0.3, 0.4) is 0 Å². The van der Waals surface area contributed by atoms with Crippen LogP contribution in [0.4, 0.5) is 4.39 Å². The first-order valence-corrected chi connectivity index (χ1v) is 10.6. The summed E-state index contributed by atoms with van der Waals surface area (Å²) in [5.74, 6) is 0.180. The van der Waals surface area contributed by atoms with Crippen molar-refractivity contribution in [3.63, 3.8) is 0 Å². The summed E-state index contributed by atoms with van der Waals surface area (Å²) in [4.78, 5) is 4.68. The van der Waals surface area contributed by atoms with Gasteiger partial charge in [0.15, 0.2) is 15.8 Å². The van der Waals surface area contributed by atoms with Crippen LogP contribution in [0.25, 0.3) is 0 Å². The second kappa shape index (κ2) is 11.6. The minimum Gasteiger partial charge on any atom is -0.357 e. The van der Waals surface area contributed by atoms with Crippen LogP contribution in [0.15, 0.2) is 62.9 Å². The lowest BCUT2D eigenvalue weighted by Crippen LogP contribution is -2.39. The van der Waals surface area contributed by atoms with E-state index in [0.717, 1.165) is 10.0 Å². The van der Waals surface area contributed by atoms with Crippen LogP contribution in [0, 0.1) is 5.82 Å². The van der Waals surface area contributed by atoms with E-state index < -0.39 is 9.84 Å². The summed E-state index contributed by atoms with van der Waals surface area (Å²) < 4.78 is 38.4. The second-order valence-electron chi connectivity index (χ2n) is 5.52. The Hall–Kier alpha value is -1.20. The smallest absolute Gasteiger partial charge is 0.191 e. The highest BCUT2D eigenvalue weighted by molar-refractivity contribution is 14.0. The molecule has 2 N–H and O–H groups in total. The molecule has 0 aromatic heterocycles. The molecule has 0 aliphatic carbocycles. The first-order valence-electron chi connectivity index (χ1n) is 8.15. The van der Waals surface area contributed by atoms with Gasteiger partial charge in [0.25, 0.3) is 0 Å². The van der Waals surface area contributed by atoms with Crippen molar-refractivity contribution in [3.8, 4) is 0 Å². The number of nitrogens with one attached hydrogen (secondary N) is 2. The molecule has 2 rings (SSSR count). The van der Waals surface area contributed by atoms with Crippen LogP contribution in [-0.4, -0.2) is 33.2 Å². The maximum atomic E-state index is 12.9. The predicted octanol–water partition coefficient (Wildman–Crippen LogP) is 3.74. The number of guanidine groups is 1. The van der Waals surface area contributed by atoms with Crippen LogP contribution < -0.4 is 10.6 Å². The van der Waals surface area contributed by atoms with E-state index in [-0.39, 0.29) is 47.0 Å². The van der Waals surface area contributed by atoms with Gasteiger partial charge in [0, 0.05) is 17.6 Å². The molecule has 0 saturated heterocycles. The molecule has 0 heterocycles. The number of halogens is 3. The Labute approximate surface area is 184 Å². The van der Waals surface area contributed by atoms with Gasteiger partial charge in [-0.05, 0) is 48.9 Å². The number of hydrogen-bond donors (Lipinski definition) is 2. The highest BCUT2D eigenvalue weighted by atomic mass is 127. The highest BCUT2D eigenvalue weighted by Gasteiger charge is 2.14. The number of aliphatic imine (C=N–C) groups is 1. The first-order chi connectivity index (χ1) is 12.4. The molecular weight excluding hydrogens is 548 g/mol. The van der Waals surface area contributed by atoms with E-state index in [1.54, 1.807) is 36.4 Å². The SMILES string of the molecule is CCNC(=NCc1ccc(F)cc1)NCCS(=O)(=O)c1ccc(Br)cc1.I. The van der Waals surface area contributed by atoms with Gasteiger partial charge >= 0.3 is 0 Å². The van der Waals surface area contributed by atoms with Gasteiger partial charge in [0.2, 0.25) is 0 Å². The average Bonchev–Trinajstić information content (AvgIpc) is 2.61. The third kappa shape index (κ3) is 8.14. The van der Waals surface area contributed by atoms with Crippen molar-refractivity contribution in [3.05, 3.63) is 64.4 Å². The zero-order chi connectivity index (χ0) is 19.0. The maximum Gasteiger partial charge on any atom is 0.191 e. The lowest BCUT2D eigenvalue weighted by atomic mass is 10.2. The normalized spacial score (nSPS) is 11.6. The van der Waals surface area contributed by atoms with Gasteiger partial charge in [0.1, 0.15) is 5.82 Å². The van der Waals surface area contributed by atoms with Crippen LogP contribution in [0.1, 0.15) is 12.5 Å². The Balaban J connectivity index is 0.00000364. The molecule has 0 aliphatic rings. The Morgan fingerprint density at radius 2 is 1.70 bits per heavy atom. The van der Waals surface area contributed by atoms with Gasteiger partial charge in [0.05, 0.1) is 17.2 Å². The molecular formula is C18H22BrFIN3O2S. The zero-order valence-electron chi connectivity index (χ0n) is 14.8. The second-order valence-corrected chi connectivity index (χ2v) is 8.55. The molecule has 2 aromatic rings. The Morgan fingerprint density at radius 1 is 1.07 bits per heavy atom. The standard InChI is InChI=1S/C18H21BrFN3O2S.HI/c1-2-21-18(23-13-14-3-7-16(20)8-4-14)22-11-12-26(24,25)17-9-5-15(19)6-10-17;/h3-10H,2,11-13H2,1H3,(H2,21,22,23);1H. The number of benzene rings is 2. The minimum atomic E-state index is -3.37. The van der Waals surface area contributed by atoms with E-state index >= 15 is 0 Å². The summed E-state index contributed by atoms with van der Waals surface area (Å²) in [5, 5.41) is 6.08. The monoisotopic (exact) mass is 569 g/mol. The van der Waals surface area contributed by atoms with Crippen molar-refractivity contribution in [1.82, 2.24) is 10.6 Å². The molecule has 5 nitrogen and oxygen atoms in total. The molecule has 148 valence electrons. The summed E-state index contributed by atoms with van der Waals surface area (Å²) in [6.07, 6.45) is 0. The Kier molecular flexibility index (Phi) is 10.2. The zero-order valence-corrected chi connectivity index (χ0v) is 19.5. The van der Waals surface area contributed by atoms with Gasteiger partial charge in [-0.3, -0.25) is 0 Å². The third-order valence-corrected chi connectivity index (χ3v) is 5.77. The van der Waals surface area contributed by atoms with Crippen molar-refractivity contribution >= 4 is 55.7 Å². The van der Waals surface area contributed by atoms with Crippen molar-refractivity contribution < 1.29 is 12.8 Å². The van der Waals surface area contributed by atoms with E-state index in [1.807, 2.05) is 6.92 Å². The van der Waals surface area contributed by atoms with Crippen LogP contribution in [-0.2, 0) is 16.4 Å². The van der Waals surface area contributed by atoms with E-state index in [2.05, 4.69) is 31.6 Å². The first kappa shape index (κ1) is 23.8. The Bertz CT molecular complexity index is 844. The van der Waals surface area contributed by atoms with Gasteiger partial charge in [-0.1, -0.05) is 28.1 Å². The number of hydrogen-bond acceptors (Lipinski definition) is 3. The molecule has 9 heteroatoms. The molecule has 0 spiro atoms. The maximum absolute atomic E-state index is 12.9. The summed E-state index contributed by atoms with van der Waals surface area (Å²) >= 11 is 3.29. The molecule has 0 bridgehead atoms. The fourth-order valence-electron chi connectivity index (χ4n) is 2.17. The summed E-state index contributed by atoms with van der Waals surface area (Å²) in [6, 6.07) is 12.7. The molecule has 0 atom stereocenters. The number of nitrogens with zero attached hydrogens (tertiary/aromatic N) is 1. The van der Waals surface area contributed by atoms with Crippen molar-refractivity contribution in [2.45, 2.75) is 18.4 Å². The largest absolute Gasteiger partial charge is 0.357 e. The molecule has 0 aliphatic heterocycles. The lowest BCUT2D eigenvalue weighted by Gasteiger charge is -2.11. The third-order valence-electron chi connectivity index (χ3n) is 3.51.